The van der Waals surface area contributed by atoms with Crippen LogP contribution < -0.4 is 10.1 Å². The zero-order valence-electron chi connectivity index (χ0n) is 12.8. The molecule has 0 aliphatic carbocycles. The Hall–Kier alpha value is -1.33. The van der Waals surface area contributed by atoms with Crippen LogP contribution >= 0.6 is 15.9 Å². The molecule has 0 amide bonds. The summed E-state index contributed by atoms with van der Waals surface area (Å²) < 4.78 is 8.91. The standard InChI is InChI=1S/C16H22BrN3O/c1-16(2,3)19-11-13-10-14(4-5-15(13)17)21-9-8-20-7-6-18-12-20/h4-7,10,12,19H,8-9,11H2,1-3H3. The highest BCUT2D eigenvalue weighted by Gasteiger charge is 2.10. The van der Waals surface area contributed by atoms with E-state index in [0.29, 0.717) is 6.61 Å². The number of ether oxygens (including phenoxy) is 1. The molecule has 5 heteroatoms. The summed E-state index contributed by atoms with van der Waals surface area (Å²) in [5.74, 6) is 0.893. The predicted molar refractivity (Wildman–Crippen MR) is 88.5 cm³/mol. The molecule has 4 nitrogen and oxygen atoms in total. The zero-order chi connectivity index (χ0) is 15.3. The number of rotatable bonds is 6. The summed E-state index contributed by atoms with van der Waals surface area (Å²) in [7, 11) is 0. The summed E-state index contributed by atoms with van der Waals surface area (Å²) in [6, 6.07) is 6.10. The van der Waals surface area contributed by atoms with E-state index in [-0.39, 0.29) is 5.54 Å². The number of benzene rings is 1. The molecule has 0 aliphatic rings. The average Bonchev–Trinajstić information content (AvgIpc) is 2.91. The van der Waals surface area contributed by atoms with E-state index < -0.39 is 0 Å². The van der Waals surface area contributed by atoms with Crippen molar-refractivity contribution in [1.82, 2.24) is 14.9 Å². The molecule has 0 radical (unpaired) electrons. The minimum Gasteiger partial charge on any atom is -0.492 e. The molecule has 2 aromatic rings. The van der Waals surface area contributed by atoms with Crippen LogP contribution in [0.4, 0.5) is 0 Å². The molecule has 0 spiro atoms. The highest BCUT2D eigenvalue weighted by atomic mass is 79.9. The summed E-state index contributed by atoms with van der Waals surface area (Å²) in [6.45, 7) is 8.71. The van der Waals surface area contributed by atoms with E-state index in [1.54, 1.807) is 12.5 Å². The molecule has 0 bridgehead atoms. The van der Waals surface area contributed by atoms with Gasteiger partial charge >= 0.3 is 0 Å². The van der Waals surface area contributed by atoms with Crippen LogP contribution in [0.2, 0.25) is 0 Å². The van der Waals surface area contributed by atoms with E-state index in [1.807, 2.05) is 22.9 Å². The van der Waals surface area contributed by atoms with Crippen molar-refractivity contribution in [3.63, 3.8) is 0 Å². The Kier molecular flexibility index (Phi) is 5.42. The molecule has 1 aromatic heterocycles. The fraction of sp³-hybridized carbons (Fsp3) is 0.438. The van der Waals surface area contributed by atoms with Gasteiger partial charge in [0.05, 0.1) is 12.9 Å². The van der Waals surface area contributed by atoms with E-state index in [0.717, 1.165) is 23.3 Å². The number of aromatic nitrogens is 2. The van der Waals surface area contributed by atoms with Gasteiger partial charge in [-0.2, -0.15) is 0 Å². The number of hydrogen-bond acceptors (Lipinski definition) is 3. The van der Waals surface area contributed by atoms with Crippen molar-refractivity contribution in [2.75, 3.05) is 6.61 Å². The van der Waals surface area contributed by atoms with E-state index in [2.05, 4.69) is 53.1 Å². The topological polar surface area (TPSA) is 39.1 Å². The molecule has 0 saturated carbocycles. The molecule has 0 atom stereocenters. The van der Waals surface area contributed by atoms with Gasteiger partial charge in [-0.25, -0.2) is 4.98 Å². The molecule has 0 unspecified atom stereocenters. The van der Waals surface area contributed by atoms with E-state index in [1.165, 1.54) is 5.56 Å². The highest BCUT2D eigenvalue weighted by Crippen LogP contribution is 2.23. The van der Waals surface area contributed by atoms with Gasteiger partial charge in [0.2, 0.25) is 0 Å². The molecular weight excluding hydrogens is 330 g/mol. The number of nitrogens with zero attached hydrogens (tertiary/aromatic N) is 2. The second-order valence-electron chi connectivity index (χ2n) is 6.01. The van der Waals surface area contributed by atoms with E-state index in [4.69, 9.17) is 4.74 Å². The predicted octanol–water partition coefficient (Wildman–Crippen LogP) is 3.61. The quantitative estimate of drug-likeness (QED) is 0.863. The van der Waals surface area contributed by atoms with Gasteiger partial charge in [0.25, 0.3) is 0 Å². The third kappa shape index (κ3) is 5.52. The van der Waals surface area contributed by atoms with Gasteiger partial charge in [-0.3, -0.25) is 0 Å². The largest absolute Gasteiger partial charge is 0.492 e. The Bertz CT molecular complexity index is 561. The lowest BCUT2D eigenvalue weighted by Gasteiger charge is -2.21. The molecule has 1 aromatic carbocycles. The molecule has 1 heterocycles. The van der Waals surface area contributed by atoms with Crippen LogP contribution in [-0.4, -0.2) is 21.7 Å². The molecule has 0 aliphatic heterocycles. The average molecular weight is 352 g/mol. The van der Waals surface area contributed by atoms with Crippen molar-refractivity contribution in [2.24, 2.45) is 0 Å². The Balaban J connectivity index is 1.91. The maximum absolute atomic E-state index is 5.81. The third-order valence-electron chi connectivity index (χ3n) is 3.00. The molecule has 114 valence electrons. The first-order valence-electron chi connectivity index (χ1n) is 7.06. The van der Waals surface area contributed by atoms with Crippen LogP contribution in [0.1, 0.15) is 26.3 Å². The van der Waals surface area contributed by atoms with E-state index in [9.17, 15) is 0 Å². The van der Waals surface area contributed by atoms with Gasteiger partial charge in [-0.1, -0.05) is 15.9 Å². The normalized spacial score (nSPS) is 11.6. The van der Waals surface area contributed by atoms with Gasteiger partial charge in [0.15, 0.2) is 0 Å². The number of halogens is 1. The maximum atomic E-state index is 5.81. The van der Waals surface area contributed by atoms with Crippen molar-refractivity contribution in [3.05, 3.63) is 47.0 Å². The lowest BCUT2D eigenvalue weighted by atomic mass is 10.1. The summed E-state index contributed by atoms with van der Waals surface area (Å²) in [5.41, 5.74) is 1.29. The van der Waals surface area contributed by atoms with Crippen molar-refractivity contribution >= 4 is 15.9 Å². The van der Waals surface area contributed by atoms with Crippen molar-refractivity contribution < 1.29 is 4.74 Å². The maximum Gasteiger partial charge on any atom is 0.119 e. The van der Waals surface area contributed by atoms with Crippen LogP contribution in [0.3, 0.4) is 0 Å². The van der Waals surface area contributed by atoms with Crippen molar-refractivity contribution in [3.8, 4) is 5.75 Å². The molecule has 1 N–H and O–H groups in total. The Morgan fingerprint density at radius 1 is 1.33 bits per heavy atom. The van der Waals surface area contributed by atoms with Crippen LogP contribution in [0.15, 0.2) is 41.4 Å². The highest BCUT2D eigenvalue weighted by molar-refractivity contribution is 9.10. The minimum atomic E-state index is 0.0950. The fourth-order valence-electron chi connectivity index (χ4n) is 1.82. The monoisotopic (exact) mass is 351 g/mol. The van der Waals surface area contributed by atoms with Gasteiger partial charge in [-0.05, 0) is 44.5 Å². The molecule has 0 saturated heterocycles. The summed E-state index contributed by atoms with van der Waals surface area (Å²) in [5, 5.41) is 3.49. The first kappa shape index (κ1) is 16.0. The smallest absolute Gasteiger partial charge is 0.119 e. The Morgan fingerprint density at radius 3 is 2.81 bits per heavy atom. The molecule has 2 rings (SSSR count). The van der Waals surface area contributed by atoms with Gasteiger partial charge in [0.1, 0.15) is 12.4 Å². The summed E-state index contributed by atoms with van der Waals surface area (Å²) in [6.07, 6.45) is 5.50. The van der Waals surface area contributed by atoms with Gasteiger partial charge < -0.3 is 14.6 Å². The Labute approximate surface area is 134 Å². The number of imidazole rings is 1. The first-order valence-corrected chi connectivity index (χ1v) is 7.85. The minimum absolute atomic E-state index is 0.0950. The van der Waals surface area contributed by atoms with Gasteiger partial charge in [-0.15, -0.1) is 0 Å². The van der Waals surface area contributed by atoms with Gasteiger partial charge in [0, 0.05) is 29.0 Å². The van der Waals surface area contributed by atoms with Crippen LogP contribution in [0.25, 0.3) is 0 Å². The van der Waals surface area contributed by atoms with Crippen LogP contribution in [-0.2, 0) is 13.1 Å². The Morgan fingerprint density at radius 2 is 2.14 bits per heavy atom. The molecule has 0 fully saturated rings. The second kappa shape index (κ2) is 7.09. The lowest BCUT2D eigenvalue weighted by Crippen LogP contribution is -2.35. The molecular formula is C16H22BrN3O. The summed E-state index contributed by atoms with van der Waals surface area (Å²) >= 11 is 3.59. The lowest BCUT2D eigenvalue weighted by molar-refractivity contribution is 0.297. The second-order valence-corrected chi connectivity index (χ2v) is 6.86. The van der Waals surface area contributed by atoms with Crippen LogP contribution in [0.5, 0.6) is 5.75 Å². The number of nitrogens with one attached hydrogen (secondary N) is 1. The zero-order valence-corrected chi connectivity index (χ0v) is 14.4. The van der Waals surface area contributed by atoms with Crippen LogP contribution in [0, 0.1) is 0 Å². The fourth-order valence-corrected chi connectivity index (χ4v) is 2.21. The summed E-state index contributed by atoms with van der Waals surface area (Å²) in [4.78, 5) is 4.01. The third-order valence-corrected chi connectivity index (χ3v) is 3.78. The SMILES string of the molecule is CC(C)(C)NCc1cc(OCCn2ccnc2)ccc1Br. The molecule has 21 heavy (non-hydrogen) atoms. The number of hydrogen-bond donors (Lipinski definition) is 1. The van der Waals surface area contributed by atoms with Crippen molar-refractivity contribution in [2.45, 2.75) is 39.4 Å². The van der Waals surface area contributed by atoms with E-state index >= 15 is 0 Å². The first-order chi connectivity index (χ1) is 9.94. The van der Waals surface area contributed by atoms with Crippen molar-refractivity contribution in [1.29, 1.82) is 0 Å².